The van der Waals surface area contributed by atoms with Crippen molar-refractivity contribution in [3.63, 3.8) is 0 Å². The molecule has 84 valence electrons. The van der Waals surface area contributed by atoms with Crippen molar-refractivity contribution < 1.29 is 0 Å². The van der Waals surface area contributed by atoms with Crippen LogP contribution in [0.4, 0.5) is 0 Å². The quantitative estimate of drug-likeness (QED) is 0.709. The van der Waals surface area contributed by atoms with Gasteiger partial charge in [0.2, 0.25) is 0 Å². The lowest BCUT2D eigenvalue weighted by molar-refractivity contribution is 0.0269. The van der Waals surface area contributed by atoms with Crippen LogP contribution in [0.5, 0.6) is 0 Å². The first-order valence-electron chi connectivity index (χ1n) is 5.58. The molecular weight excluding hydrogens is 174 g/mol. The first-order valence-corrected chi connectivity index (χ1v) is 5.58. The van der Waals surface area contributed by atoms with E-state index in [1.54, 1.807) is 0 Å². The van der Waals surface area contributed by atoms with E-state index in [0.717, 1.165) is 13.1 Å². The molecular formula is C11H25N3. The van der Waals surface area contributed by atoms with Crippen LogP contribution in [-0.4, -0.2) is 55.6 Å². The number of nitrogens with two attached hydrogens (primary N) is 1. The summed E-state index contributed by atoms with van der Waals surface area (Å²) in [4.78, 5) is 4.75. The SMILES string of the molecule is C[C@H](N)CN(C)CC1(N(C)C)CCC1. The summed E-state index contributed by atoms with van der Waals surface area (Å²) in [7, 11) is 6.56. The summed E-state index contributed by atoms with van der Waals surface area (Å²) < 4.78 is 0. The molecule has 0 spiro atoms. The number of nitrogens with zero attached hydrogens (tertiary/aromatic N) is 2. The topological polar surface area (TPSA) is 32.5 Å². The third kappa shape index (κ3) is 2.69. The monoisotopic (exact) mass is 199 g/mol. The number of hydrogen-bond acceptors (Lipinski definition) is 3. The zero-order valence-electron chi connectivity index (χ0n) is 10.1. The molecule has 0 amide bonds. The minimum atomic E-state index is 0.277. The molecule has 1 fully saturated rings. The third-order valence-corrected chi connectivity index (χ3v) is 3.40. The summed E-state index contributed by atoms with van der Waals surface area (Å²) in [5.41, 5.74) is 6.23. The maximum Gasteiger partial charge on any atom is 0.0330 e. The summed E-state index contributed by atoms with van der Waals surface area (Å²) in [5.74, 6) is 0. The fourth-order valence-electron chi connectivity index (χ4n) is 2.39. The predicted octanol–water partition coefficient (Wildman–Crippen LogP) is 0.750. The second-order valence-electron chi connectivity index (χ2n) is 5.15. The van der Waals surface area contributed by atoms with E-state index in [1.807, 2.05) is 0 Å². The molecule has 3 heteroatoms. The second kappa shape index (κ2) is 4.60. The number of hydrogen-bond donors (Lipinski definition) is 1. The van der Waals surface area contributed by atoms with Crippen molar-refractivity contribution in [2.24, 2.45) is 5.73 Å². The lowest BCUT2D eigenvalue weighted by atomic mass is 9.75. The summed E-state index contributed by atoms with van der Waals surface area (Å²) >= 11 is 0. The van der Waals surface area contributed by atoms with Gasteiger partial charge in [-0.05, 0) is 47.3 Å². The Labute approximate surface area is 88.2 Å². The Bertz CT molecular complexity index is 173. The van der Waals surface area contributed by atoms with Crippen molar-refractivity contribution in [2.45, 2.75) is 37.8 Å². The molecule has 0 aromatic carbocycles. The van der Waals surface area contributed by atoms with Gasteiger partial charge in [0.25, 0.3) is 0 Å². The highest BCUT2D eigenvalue weighted by Gasteiger charge is 2.39. The molecule has 1 rings (SSSR count). The Morgan fingerprint density at radius 2 is 1.86 bits per heavy atom. The molecule has 0 saturated heterocycles. The average Bonchev–Trinajstić information content (AvgIpc) is 1.94. The van der Waals surface area contributed by atoms with Crippen molar-refractivity contribution in [1.29, 1.82) is 0 Å². The molecule has 0 aromatic heterocycles. The van der Waals surface area contributed by atoms with E-state index in [2.05, 4.69) is 37.9 Å². The van der Waals surface area contributed by atoms with Crippen LogP contribution in [0.2, 0.25) is 0 Å². The van der Waals surface area contributed by atoms with Gasteiger partial charge in [0.15, 0.2) is 0 Å². The van der Waals surface area contributed by atoms with Gasteiger partial charge in [-0.1, -0.05) is 0 Å². The lowest BCUT2D eigenvalue weighted by Gasteiger charge is -2.49. The average molecular weight is 199 g/mol. The number of rotatable bonds is 5. The Morgan fingerprint density at radius 1 is 1.29 bits per heavy atom. The highest BCUT2D eigenvalue weighted by molar-refractivity contribution is 4.97. The third-order valence-electron chi connectivity index (χ3n) is 3.40. The van der Waals surface area contributed by atoms with Gasteiger partial charge in [-0.3, -0.25) is 0 Å². The maximum absolute atomic E-state index is 5.79. The fourth-order valence-corrected chi connectivity index (χ4v) is 2.39. The molecule has 14 heavy (non-hydrogen) atoms. The van der Waals surface area contributed by atoms with Gasteiger partial charge in [0.1, 0.15) is 0 Å². The van der Waals surface area contributed by atoms with E-state index in [1.165, 1.54) is 19.3 Å². The molecule has 3 nitrogen and oxygen atoms in total. The minimum Gasteiger partial charge on any atom is -0.327 e. The van der Waals surface area contributed by atoms with Crippen molar-refractivity contribution in [2.75, 3.05) is 34.2 Å². The molecule has 0 aromatic rings. The lowest BCUT2D eigenvalue weighted by Crippen LogP contribution is -2.57. The highest BCUT2D eigenvalue weighted by Crippen LogP contribution is 2.36. The van der Waals surface area contributed by atoms with Gasteiger partial charge in [0.05, 0.1) is 0 Å². The summed E-state index contributed by atoms with van der Waals surface area (Å²) in [6, 6.07) is 0.277. The van der Waals surface area contributed by atoms with Gasteiger partial charge in [-0.15, -0.1) is 0 Å². The molecule has 0 aliphatic heterocycles. The van der Waals surface area contributed by atoms with E-state index >= 15 is 0 Å². The van der Waals surface area contributed by atoms with Crippen molar-refractivity contribution >= 4 is 0 Å². The summed E-state index contributed by atoms with van der Waals surface area (Å²) in [6.07, 6.45) is 4.05. The molecule has 0 unspecified atom stereocenters. The largest absolute Gasteiger partial charge is 0.327 e. The van der Waals surface area contributed by atoms with E-state index in [4.69, 9.17) is 5.73 Å². The second-order valence-corrected chi connectivity index (χ2v) is 5.15. The van der Waals surface area contributed by atoms with E-state index in [9.17, 15) is 0 Å². The van der Waals surface area contributed by atoms with Crippen LogP contribution in [0, 0.1) is 0 Å². The van der Waals surface area contributed by atoms with Crippen molar-refractivity contribution in [1.82, 2.24) is 9.80 Å². The normalized spacial score (nSPS) is 22.5. The summed E-state index contributed by atoms with van der Waals surface area (Å²) in [6.45, 7) is 4.22. The molecule has 1 aliphatic rings. The Morgan fingerprint density at radius 3 is 2.14 bits per heavy atom. The highest BCUT2D eigenvalue weighted by atomic mass is 15.2. The Balaban J connectivity index is 2.40. The Kier molecular flexibility index (Phi) is 3.93. The minimum absolute atomic E-state index is 0.277. The Hall–Kier alpha value is -0.120. The first-order chi connectivity index (χ1) is 6.46. The van der Waals surface area contributed by atoms with Crippen LogP contribution < -0.4 is 5.73 Å². The van der Waals surface area contributed by atoms with Gasteiger partial charge < -0.3 is 15.5 Å². The van der Waals surface area contributed by atoms with Crippen molar-refractivity contribution in [3.05, 3.63) is 0 Å². The zero-order valence-corrected chi connectivity index (χ0v) is 10.1. The van der Waals surface area contributed by atoms with Gasteiger partial charge in [0, 0.05) is 24.7 Å². The molecule has 1 atom stereocenters. The first kappa shape index (κ1) is 12.0. The fraction of sp³-hybridized carbons (Fsp3) is 1.00. The van der Waals surface area contributed by atoms with E-state index in [-0.39, 0.29) is 6.04 Å². The number of likely N-dealkylation sites (N-methyl/N-ethyl adjacent to an activating group) is 2. The molecule has 0 radical (unpaired) electrons. The van der Waals surface area contributed by atoms with Gasteiger partial charge >= 0.3 is 0 Å². The van der Waals surface area contributed by atoms with Crippen LogP contribution in [-0.2, 0) is 0 Å². The van der Waals surface area contributed by atoms with E-state index < -0.39 is 0 Å². The van der Waals surface area contributed by atoms with E-state index in [0.29, 0.717) is 5.54 Å². The van der Waals surface area contributed by atoms with Crippen molar-refractivity contribution in [3.8, 4) is 0 Å². The smallest absolute Gasteiger partial charge is 0.0330 e. The molecule has 1 aliphatic carbocycles. The van der Waals surface area contributed by atoms with Crippen LogP contribution in [0.25, 0.3) is 0 Å². The van der Waals surface area contributed by atoms with Gasteiger partial charge in [-0.2, -0.15) is 0 Å². The maximum atomic E-state index is 5.79. The van der Waals surface area contributed by atoms with Gasteiger partial charge in [-0.25, -0.2) is 0 Å². The molecule has 1 saturated carbocycles. The van der Waals surface area contributed by atoms with Crippen LogP contribution in [0.3, 0.4) is 0 Å². The van der Waals surface area contributed by atoms with Crippen LogP contribution in [0.1, 0.15) is 26.2 Å². The molecule has 0 bridgehead atoms. The molecule has 0 heterocycles. The molecule has 2 N–H and O–H groups in total. The van der Waals surface area contributed by atoms with Crippen LogP contribution in [0.15, 0.2) is 0 Å². The predicted molar refractivity (Wildman–Crippen MR) is 61.4 cm³/mol. The zero-order chi connectivity index (χ0) is 10.8. The standard InChI is InChI=1S/C11H25N3/c1-10(12)8-14(4)9-11(13(2)3)6-5-7-11/h10H,5-9,12H2,1-4H3/t10-/m0/s1. The van der Waals surface area contributed by atoms with Crippen LogP contribution >= 0.6 is 0 Å². The summed E-state index contributed by atoms with van der Waals surface area (Å²) in [5, 5.41) is 0.